The number of ether oxygens (including phenoxy) is 3. The maximum atomic E-state index is 12.7. The van der Waals surface area contributed by atoms with E-state index < -0.39 is 42.3 Å². The second-order valence-corrected chi connectivity index (χ2v) is 9.39. The topological polar surface area (TPSA) is 149 Å². The predicted molar refractivity (Wildman–Crippen MR) is 142 cm³/mol. The van der Waals surface area contributed by atoms with Crippen molar-refractivity contribution in [3.8, 4) is 5.75 Å². The van der Waals surface area contributed by atoms with Gasteiger partial charge in [0.25, 0.3) is 17.7 Å². The molecule has 0 aliphatic rings. The summed E-state index contributed by atoms with van der Waals surface area (Å²) in [6, 6.07) is 5.44. The van der Waals surface area contributed by atoms with Crippen molar-refractivity contribution in [2.24, 2.45) is 5.92 Å². The third-order valence-corrected chi connectivity index (χ3v) is 6.50. The average molecular weight is 548 g/mol. The van der Waals surface area contributed by atoms with E-state index in [1.165, 1.54) is 7.05 Å². The van der Waals surface area contributed by atoms with Crippen LogP contribution in [0, 0.1) is 12.8 Å². The molecule has 2 rings (SSSR count). The predicted octanol–water partition coefficient (Wildman–Crippen LogP) is 2.93. The van der Waals surface area contributed by atoms with Crippen LogP contribution in [0.1, 0.15) is 63.6 Å². The van der Waals surface area contributed by atoms with E-state index in [-0.39, 0.29) is 28.0 Å². The van der Waals surface area contributed by atoms with Gasteiger partial charge in [-0.15, -0.1) is 11.3 Å². The molecule has 206 valence electrons. The molecule has 0 saturated heterocycles. The molecular formula is C26H33N3O8S. The number of carbonyl (C=O) groups is 5. The zero-order valence-corrected chi connectivity index (χ0v) is 23.1. The lowest BCUT2D eigenvalue weighted by atomic mass is 10.0. The van der Waals surface area contributed by atoms with Gasteiger partial charge in [-0.25, -0.2) is 9.59 Å². The lowest BCUT2D eigenvalue weighted by Gasteiger charge is -2.21. The first-order valence-electron chi connectivity index (χ1n) is 12.1. The molecule has 1 atom stereocenters. The molecule has 0 radical (unpaired) electrons. The van der Waals surface area contributed by atoms with Crippen LogP contribution in [0.4, 0.5) is 5.00 Å². The Bertz CT molecular complexity index is 1170. The number of rotatable bonds is 12. The highest BCUT2D eigenvalue weighted by molar-refractivity contribution is 7.18. The van der Waals surface area contributed by atoms with E-state index in [2.05, 4.69) is 16.0 Å². The first-order chi connectivity index (χ1) is 18.0. The van der Waals surface area contributed by atoms with Crippen LogP contribution in [0.15, 0.2) is 24.3 Å². The molecule has 2 aromatic rings. The Labute approximate surface area is 225 Å². The van der Waals surface area contributed by atoms with E-state index in [0.717, 1.165) is 11.3 Å². The van der Waals surface area contributed by atoms with Gasteiger partial charge in [-0.1, -0.05) is 13.8 Å². The van der Waals surface area contributed by atoms with Crippen LogP contribution < -0.4 is 20.7 Å². The van der Waals surface area contributed by atoms with Crippen LogP contribution in [0.2, 0.25) is 0 Å². The van der Waals surface area contributed by atoms with Crippen LogP contribution in [-0.2, 0) is 19.1 Å². The highest BCUT2D eigenvalue weighted by Crippen LogP contribution is 2.33. The highest BCUT2D eigenvalue weighted by Gasteiger charge is 2.29. The normalized spacial score (nSPS) is 11.3. The Balaban J connectivity index is 2.08. The van der Waals surface area contributed by atoms with Crippen molar-refractivity contribution in [1.82, 2.24) is 10.6 Å². The highest BCUT2D eigenvalue weighted by atomic mass is 32.1. The Morgan fingerprint density at radius 2 is 1.61 bits per heavy atom. The molecule has 1 aromatic heterocycles. The summed E-state index contributed by atoms with van der Waals surface area (Å²) < 4.78 is 15.6. The number of carbonyl (C=O) groups excluding carboxylic acids is 5. The van der Waals surface area contributed by atoms with Crippen molar-refractivity contribution < 1.29 is 38.2 Å². The van der Waals surface area contributed by atoms with Crippen LogP contribution >= 0.6 is 11.3 Å². The van der Waals surface area contributed by atoms with E-state index >= 15 is 0 Å². The molecule has 0 aliphatic heterocycles. The quantitative estimate of drug-likeness (QED) is 0.344. The van der Waals surface area contributed by atoms with Crippen LogP contribution in [0.5, 0.6) is 5.75 Å². The molecule has 0 aliphatic carbocycles. The summed E-state index contributed by atoms with van der Waals surface area (Å²) in [7, 11) is 1.45. The molecule has 1 heterocycles. The molecule has 1 aromatic carbocycles. The van der Waals surface area contributed by atoms with Crippen molar-refractivity contribution in [3.63, 3.8) is 0 Å². The lowest BCUT2D eigenvalue weighted by molar-refractivity contribution is -0.150. The largest absolute Gasteiger partial charge is 0.494 e. The van der Waals surface area contributed by atoms with E-state index in [1.807, 2.05) is 6.92 Å². The SMILES string of the molecule is CCOC(=O)c1c(NC(=O)COC(=O)C(NC(=O)c2ccc(OCC)cc2)C(C)C)sc(C(=O)NC)c1C. The number of hydrogen-bond acceptors (Lipinski definition) is 9. The first-order valence-corrected chi connectivity index (χ1v) is 12.9. The minimum Gasteiger partial charge on any atom is -0.494 e. The lowest BCUT2D eigenvalue weighted by Crippen LogP contribution is -2.45. The molecule has 3 N–H and O–H groups in total. The standard InChI is InChI=1S/C26H33N3O8S/c1-7-35-17-11-9-16(10-12-17)22(31)29-20(14(3)4)26(34)37-13-18(30)28-24-19(25(33)36-8-2)15(5)21(38-24)23(32)27-6/h9-12,14,20H,7-8,13H2,1-6H3,(H,27,32)(H,28,30)(H,29,31). The number of thiophene rings is 1. The number of anilines is 1. The van der Waals surface area contributed by atoms with E-state index in [4.69, 9.17) is 14.2 Å². The maximum absolute atomic E-state index is 12.7. The molecule has 12 heteroatoms. The molecule has 3 amide bonds. The fourth-order valence-corrected chi connectivity index (χ4v) is 4.52. The summed E-state index contributed by atoms with van der Waals surface area (Å²) in [4.78, 5) is 62.9. The zero-order chi connectivity index (χ0) is 28.4. The minimum absolute atomic E-state index is 0.0535. The van der Waals surface area contributed by atoms with Gasteiger partial charge >= 0.3 is 11.9 Å². The Hall–Kier alpha value is -3.93. The van der Waals surface area contributed by atoms with Crippen molar-refractivity contribution in [1.29, 1.82) is 0 Å². The number of esters is 2. The Morgan fingerprint density at radius 1 is 0.947 bits per heavy atom. The molecule has 0 fully saturated rings. The van der Waals surface area contributed by atoms with Gasteiger partial charge in [0.15, 0.2) is 6.61 Å². The van der Waals surface area contributed by atoms with Crippen LogP contribution in [0.3, 0.4) is 0 Å². The van der Waals surface area contributed by atoms with E-state index in [1.54, 1.807) is 52.0 Å². The Morgan fingerprint density at radius 3 is 2.16 bits per heavy atom. The first kappa shape index (κ1) is 30.3. The number of amides is 3. The zero-order valence-electron chi connectivity index (χ0n) is 22.3. The molecular weight excluding hydrogens is 514 g/mol. The van der Waals surface area contributed by atoms with Crippen molar-refractivity contribution in [2.75, 3.05) is 32.2 Å². The summed E-state index contributed by atoms with van der Waals surface area (Å²) in [5.74, 6) is -2.84. The van der Waals surface area contributed by atoms with Gasteiger partial charge in [-0.05, 0) is 56.5 Å². The summed E-state index contributed by atoms with van der Waals surface area (Å²) in [5, 5.41) is 7.74. The van der Waals surface area contributed by atoms with Gasteiger partial charge in [-0.3, -0.25) is 14.4 Å². The summed E-state index contributed by atoms with van der Waals surface area (Å²) in [6.07, 6.45) is 0. The average Bonchev–Trinajstić information content (AvgIpc) is 3.21. The monoisotopic (exact) mass is 547 g/mol. The van der Waals surface area contributed by atoms with Crippen LogP contribution in [0.25, 0.3) is 0 Å². The third kappa shape index (κ3) is 7.78. The second-order valence-electron chi connectivity index (χ2n) is 8.37. The number of benzene rings is 1. The Kier molecular flexibility index (Phi) is 11.3. The number of nitrogens with one attached hydrogen (secondary N) is 3. The summed E-state index contributed by atoms with van der Waals surface area (Å²) >= 11 is 0.906. The van der Waals surface area contributed by atoms with Gasteiger partial charge in [0.05, 0.1) is 23.7 Å². The smallest absolute Gasteiger partial charge is 0.341 e. The third-order valence-electron chi connectivity index (χ3n) is 5.29. The molecule has 0 spiro atoms. The fourth-order valence-electron chi connectivity index (χ4n) is 3.36. The summed E-state index contributed by atoms with van der Waals surface area (Å²) in [6.45, 7) is 8.44. The maximum Gasteiger partial charge on any atom is 0.341 e. The number of hydrogen-bond donors (Lipinski definition) is 3. The molecule has 38 heavy (non-hydrogen) atoms. The summed E-state index contributed by atoms with van der Waals surface area (Å²) in [5.41, 5.74) is 0.742. The second kappa shape index (κ2) is 14.1. The fraction of sp³-hybridized carbons (Fsp3) is 0.423. The van der Waals surface area contributed by atoms with Gasteiger partial charge < -0.3 is 30.2 Å². The van der Waals surface area contributed by atoms with E-state index in [0.29, 0.717) is 23.5 Å². The molecule has 0 bridgehead atoms. The van der Waals surface area contributed by atoms with Crippen molar-refractivity contribution >= 4 is 46.0 Å². The van der Waals surface area contributed by atoms with Gasteiger partial charge in [0, 0.05) is 12.6 Å². The minimum atomic E-state index is -1.01. The molecule has 0 saturated carbocycles. The molecule has 1 unspecified atom stereocenters. The molecule has 11 nitrogen and oxygen atoms in total. The van der Waals surface area contributed by atoms with Crippen molar-refractivity contribution in [3.05, 3.63) is 45.8 Å². The van der Waals surface area contributed by atoms with E-state index in [9.17, 15) is 24.0 Å². The van der Waals surface area contributed by atoms with Crippen LogP contribution in [-0.4, -0.2) is 62.6 Å². The van der Waals surface area contributed by atoms with Crippen molar-refractivity contribution in [2.45, 2.75) is 40.7 Å². The van der Waals surface area contributed by atoms with Gasteiger partial charge in [0.2, 0.25) is 0 Å². The van der Waals surface area contributed by atoms with Gasteiger partial charge in [-0.2, -0.15) is 0 Å². The van der Waals surface area contributed by atoms with Gasteiger partial charge in [0.1, 0.15) is 16.8 Å².